The third-order valence-electron chi connectivity index (χ3n) is 1.81. The number of primary sulfonamides is 1. The van der Waals surface area contributed by atoms with Crippen LogP contribution in [0.15, 0.2) is 23.1 Å². The molecule has 0 saturated heterocycles. The molecular formula is C10H11NO3S. The van der Waals surface area contributed by atoms with E-state index in [0.717, 1.165) is 0 Å². The van der Waals surface area contributed by atoms with E-state index in [1.54, 1.807) is 19.1 Å². The van der Waals surface area contributed by atoms with Gasteiger partial charge < -0.3 is 5.11 Å². The van der Waals surface area contributed by atoms with E-state index in [0.29, 0.717) is 11.1 Å². The zero-order valence-electron chi connectivity index (χ0n) is 8.19. The van der Waals surface area contributed by atoms with E-state index in [4.69, 9.17) is 10.2 Å². The first kappa shape index (κ1) is 11.7. The molecule has 1 aromatic carbocycles. The molecule has 0 aliphatic carbocycles. The van der Waals surface area contributed by atoms with E-state index in [1.807, 2.05) is 0 Å². The fourth-order valence-corrected chi connectivity index (χ4v) is 1.93. The summed E-state index contributed by atoms with van der Waals surface area (Å²) in [6.45, 7) is 1.39. The Labute approximate surface area is 88.8 Å². The lowest BCUT2D eigenvalue weighted by molar-refractivity contribution is 0.350. The summed E-state index contributed by atoms with van der Waals surface area (Å²) >= 11 is 0. The smallest absolute Gasteiger partial charge is 0.238 e. The first-order valence-corrected chi connectivity index (χ1v) is 5.73. The van der Waals surface area contributed by atoms with Crippen molar-refractivity contribution in [3.63, 3.8) is 0 Å². The number of rotatable bonds is 1. The van der Waals surface area contributed by atoms with Gasteiger partial charge in [-0.05, 0) is 24.6 Å². The molecular weight excluding hydrogens is 214 g/mol. The van der Waals surface area contributed by atoms with Gasteiger partial charge in [-0.3, -0.25) is 0 Å². The first-order valence-electron chi connectivity index (χ1n) is 4.18. The summed E-state index contributed by atoms with van der Waals surface area (Å²) in [4.78, 5) is 0.0623. The number of aliphatic hydroxyl groups is 1. The average molecular weight is 225 g/mol. The minimum atomic E-state index is -3.71. The summed E-state index contributed by atoms with van der Waals surface area (Å²) in [5, 5.41) is 13.5. The molecule has 5 heteroatoms. The van der Waals surface area contributed by atoms with Crippen molar-refractivity contribution in [3.8, 4) is 11.8 Å². The first-order chi connectivity index (χ1) is 6.95. The Balaban J connectivity index is 3.30. The molecule has 15 heavy (non-hydrogen) atoms. The predicted octanol–water partition coefficient (Wildman–Crippen LogP) is -0.0138. The van der Waals surface area contributed by atoms with Crippen LogP contribution in [-0.4, -0.2) is 20.1 Å². The molecule has 0 aliphatic heterocycles. The summed E-state index contributed by atoms with van der Waals surface area (Å²) in [5.41, 5.74) is 1.09. The van der Waals surface area contributed by atoms with E-state index >= 15 is 0 Å². The van der Waals surface area contributed by atoms with Gasteiger partial charge in [-0.15, -0.1) is 0 Å². The average Bonchev–Trinajstić information content (AvgIpc) is 2.15. The number of hydrogen-bond acceptors (Lipinski definition) is 3. The lowest BCUT2D eigenvalue weighted by Gasteiger charge is -2.03. The highest BCUT2D eigenvalue weighted by atomic mass is 32.2. The van der Waals surface area contributed by atoms with Crippen LogP contribution >= 0.6 is 0 Å². The molecule has 0 aliphatic rings. The van der Waals surface area contributed by atoms with Crippen LogP contribution < -0.4 is 5.14 Å². The van der Waals surface area contributed by atoms with E-state index in [1.165, 1.54) is 6.07 Å². The Kier molecular flexibility index (Phi) is 3.48. The summed E-state index contributed by atoms with van der Waals surface area (Å²) in [6, 6.07) is 4.70. The van der Waals surface area contributed by atoms with E-state index in [9.17, 15) is 8.42 Å². The van der Waals surface area contributed by atoms with Crippen LogP contribution in [0.5, 0.6) is 0 Å². The summed E-state index contributed by atoms with van der Waals surface area (Å²) < 4.78 is 22.3. The Morgan fingerprint density at radius 3 is 2.67 bits per heavy atom. The van der Waals surface area contributed by atoms with Gasteiger partial charge in [0.05, 0.1) is 4.90 Å². The van der Waals surface area contributed by atoms with Crippen LogP contribution in [0.3, 0.4) is 0 Å². The molecule has 0 aromatic heterocycles. The minimum Gasteiger partial charge on any atom is -0.384 e. The van der Waals surface area contributed by atoms with Crippen molar-refractivity contribution in [3.05, 3.63) is 29.3 Å². The molecule has 3 N–H and O–H groups in total. The molecule has 80 valence electrons. The van der Waals surface area contributed by atoms with Crippen LogP contribution in [0.1, 0.15) is 11.1 Å². The van der Waals surface area contributed by atoms with Gasteiger partial charge in [0.1, 0.15) is 6.61 Å². The predicted molar refractivity (Wildman–Crippen MR) is 56.5 cm³/mol. The number of nitrogens with two attached hydrogens (primary N) is 1. The minimum absolute atomic E-state index is 0.0623. The summed E-state index contributed by atoms with van der Waals surface area (Å²) in [6.07, 6.45) is 0. The van der Waals surface area contributed by atoms with Gasteiger partial charge in [0.15, 0.2) is 0 Å². The Bertz CT molecular complexity index is 523. The molecule has 1 rings (SSSR count). The van der Waals surface area contributed by atoms with Crippen LogP contribution in [0, 0.1) is 18.8 Å². The molecule has 0 fully saturated rings. The van der Waals surface area contributed by atoms with Crippen molar-refractivity contribution >= 4 is 10.0 Å². The number of sulfonamides is 1. The molecule has 0 heterocycles. The number of aryl methyl sites for hydroxylation is 1. The highest BCUT2D eigenvalue weighted by Crippen LogP contribution is 2.14. The van der Waals surface area contributed by atoms with Crippen molar-refractivity contribution in [1.82, 2.24) is 0 Å². The Morgan fingerprint density at radius 2 is 2.13 bits per heavy atom. The molecule has 0 unspecified atom stereocenters. The standard InChI is InChI=1S/C10H11NO3S/c1-8-4-5-9(3-2-6-12)7-10(8)15(11,13)14/h4-5,7,12H,6H2,1H3,(H2,11,13,14). The zero-order valence-corrected chi connectivity index (χ0v) is 9.00. The Morgan fingerprint density at radius 1 is 1.47 bits per heavy atom. The molecule has 1 aromatic rings. The van der Waals surface area contributed by atoms with Crippen LogP contribution in [0.2, 0.25) is 0 Å². The van der Waals surface area contributed by atoms with Crippen LogP contribution in [0.4, 0.5) is 0 Å². The Hall–Kier alpha value is -1.35. The monoisotopic (exact) mass is 225 g/mol. The molecule has 0 spiro atoms. The van der Waals surface area contributed by atoms with Crippen molar-refractivity contribution in [2.75, 3.05) is 6.61 Å². The van der Waals surface area contributed by atoms with Gasteiger partial charge in [-0.1, -0.05) is 17.9 Å². The van der Waals surface area contributed by atoms with E-state index in [-0.39, 0.29) is 11.5 Å². The normalized spacial score (nSPS) is 10.6. The molecule has 0 radical (unpaired) electrons. The fraction of sp³-hybridized carbons (Fsp3) is 0.200. The van der Waals surface area contributed by atoms with Crippen molar-refractivity contribution in [2.45, 2.75) is 11.8 Å². The maximum absolute atomic E-state index is 11.2. The highest BCUT2D eigenvalue weighted by molar-refractivity contribution is 7.89. The largest absolute Gasteiger partial charge is 0.384 e. The third kappa shape index (κ3) is 3.06. The summed E-state index contributed by atoms with van der Waals surface area (Å²) in [5.74, 6) is 5.05. The molecule has 0 saturated carbocycles. The van der Waals surface area contributed by atoms with Crippen molar-refractivity contribution < 1.29 is 13.5 Å². The van der Waals surface area contributed by atoms with Gasteiger partial charge in [0.2, 0.25) is 10.0 Å². The second kappa shape index (κ2) is 4.45. The van der Waals surface area contributed by atoms with Gasteiger partial charge in [0, 0.05) is 5.56 Å². The number of benzene rings is 1. The maximum atomic E-state index is 11.2. The lowest BCUT2D eigenvalue weighted by atomic mass is 10.1. The lowest BCUT2D eigenvalue weighted by Crippen LogP contribution is -2.13. The van der Waals surface area contributed by atoms with Crippen LogP contribution in [-0.2, 0) is 10.0 Å². The van der Waals surface area contributed by atoms with Crippen molar-refractivity contribution in [2.24, 2.45) is 5.14 Å². The van der Waals surface area contributed by atoms with Gasteiger partial charge in [-0.2, -0.15) is 0 Å². The second-order valence-corrected chi connectivity index (χ2v) is 4.52. The zero-order chi connectivity index (χ0) is 11.5. The van der Waals surface area contributed by atoms with Crippen molar-refractivity contribution in [1.29, 1.82) is 0 Å². The molecule has 0 atom stereocenters. The topological polar surface area (TPSA) is 80.4 Å². The second-order valence-electron chi connectivity index (χ2n) is 2.99. The summed E-state index contributed by atoms with van der Waals surface area (Å²) in [7, 11) is -3.71. The molecule has 0 bridgehead atoms. The van der Waals surface area contributed by atoms with E-state index < -0.39 is 10.0 Å². The highest BCUT2D eigenvalue weighted by Gasteiger charge is 2.11. The SMILES string of the molecule is Cc1ccc(C#CCO)cc1S(N)(=O)=O. The number of aliphatic hydroxyl groups excluding tert-OH is 1. The van der Waals surface area contributed by atoms with Gasteiger partial charge in [-0.25, -0.2) is 13.6 Å². The third-order valence-corrected chi connectivity index (χ3v) is 2.86. The van der Waals surface area contributed by atoms with Gasteiger partial charge in [0.25, 0.3) is 0 Å². The van der Waals surface area contributed by atoms with E-state index in [2.05, 4.69) is 11.8 Å². The fourth-order valence-electron chi connectivity index (χ4n) is 1.13. The molecule has 0 amide bonds. The number of hydrogen-bond donors (Lipinski definition) is 2. The van der Waals surface area contributed by atoms with Gasteiger partial charge >= 0.3 is 0 Å². The quantitative estimate of drug-likeness (QED) is 0.659. The van der Waals surface area contributed by atoms with Crippen LogP contribution in [0.25, 0.3) is 0 Å². The maximum Gasteiger partial charge on any atom is 0.238 e. The molecule has 4 nitrogen and oxygen atoms in total.